The lowest BCUT2D eigenvalue weighted by Crippen LogP contribution is -2.27. The van der Waals surface area contributed by atoms with E-state index in [4.69, 9.17) is 23.2 Å². The summed E-state index contributed by atoms with van der Waals surface area (Å²) < 4.78 is 0. The van der Waals surface area contributed by atoms with Gasteiger partial charge in [0.05, 0.1) is 10.7 Å². The fourth-order valence-electron chi connectivity index (χ4n) is 1.59. The number of rotatable bonds is 5. The Hall–Kier alpha value is -1.56. The molecule has 0 saturated carbocycles. The van der Waals surface area contributed by atoms with Gasteiger partial charge in [-0.15, -0.1) is 0 Å². The van der Waals surface area contributed by atoms with E-state index in [1.165, 1.54) is 11.3 Å². The zero-order valence-corrected chi connectivity index (χ0v) is 13.2. The van der Waals surface area contributed by atoms with E-state index in [2.05, 4.69) is 10.6 Å². The summed E-state index contributed by atoms with van der Waals surface area (Å²) in [6, 6.07) is 6.55. The molecule has 110 valence electrons. The van der Waals surface area contributed by atoms with E-state index >= 15 is 0 Å². The third-order valence-electron chi connectivity index (χ3n) is 2.62. The number of halogens is 2. The highest BCUT2D eigenvalue weighted by atomic mass is 35.5. The van der Waals surface area contributed by atoms with Gasteiger partial charge < -0.3 is 10.6 Å². The Morgan fingerprint density at radius 1 is 1.19 bits per heavy atom. The number of thiophene rings is 1. The molecule has 0 unspecified atom stereocenters. The summed E-state index contributed by atoms with van der Waals surface area (Å²) >= 11 is 13.2. The summed E-state index contributed by atoms with van der Waals surface area (Å²) in [5.74, 6) is -0.436. The summed E-state index contributed by atoms with van der Waals surface area (Å²) in [5.41, 5.74) is 1.05. The molecular formula is C14H12Cl2N2O2S. The highest BCUT2D eigenvalue weighted by molar-refractivity contribution is 7.08. The van der Waals surface area contributed by atoms with Crippen molar-refractivity contribution in [1.82, 2.24) is 5.32 Å². The molecule has 0 radical (unpaired) electrons. The van der Waals surface area contributed by atoms with Crippen LogP contribution in [0.5, 0.6) is 0 Å². The molecule has 0 saturated heterocycles. The lowest BCUT2D eigenvalue weighted by atomic mass is 10.3. The quantitative estimate of drug-likeness (QED) is 0.867. The van der Waals surface area contributed by atoms with Crippen LogP contribution in [0.25, 0.3) is 0 Å². The second-order valence-electron chi connectivity index (χ2n) is 4.19. The van der Waals surface area contributed by atoms with Crippen LogP contribution in [0.4, 0.5) is 5.69 Å². The average Bonchev–Trinajstić information content (AvgIpc) is 2.97. The molecule has 0 aliphatic rings. The third kappa shape index (κ3) is 4.74. The first-order valence-electron chi connectivity index (χ1n) is 6.11. The lowest BCUT2D eigenvalue weighted by Gasteiger charge is -2.08. The van der Waals surface area contributed by atoms with Crippen molar-refractivity contribution in [3.63, 3.8) is 0 Å². The van der Waals surface area contributed by atoms with Gasteiger partial charge in [-0.1, -0.05) is 23.2 Å². The first-order valence-corrected chi connectivity index (χ1v) is 7.81. The van der Waals surface area contributed by atoms with Crippen LogP contribution in [0.1, 0.15) is 16.8 Å². The lowest BCUT2D eigenvalue weighted by molar-refractivity contribution is -0.116. The van der Waals surface area contributed by atoms with E-state index in [1.54, 1.807) is 29.6 Å². The number of hydrogen-bond acceptors (Lipinski definition) is 3. The number of amides is 2. The molecule has 1 aromatic carbocycles. The number of carbonyl (C=O) groups is 2. The molecule has 0 aliphatic carbocycles. The Kier molecular flexibility index (Phi) is 5.61. The minimum absolute atomic E-state index is 0.152. The van der Waals surface area contributed by atoms with Gasteiger partial charge in [-0.2, -0.15) is 11.3 Å². The van der Waals surface area contributed by atoms with Gasteiger partial charge in [0.15, 0.2) is 0 Å². The van der Waals surface area contributed by atoms with Crippen LogP contribution in [0.2, 0.25) is 10.0 Å². The molecule has 2 rings (SSSR count). The number of hydrogen-bond donors (Lipinski definition) is 2. The Bertz CT molecular complexity index is 644. The van der Waals surface area contributed by atoms with Crippen LogP contribution in [0, 0.1) is 0 Å². The molecular weight excluding hydrogens is 331 g/mol. The van der Waals surface area contributed by atoms with Crippen molar-refractivity contribution < 1.29 is 9.59 Å². The highest BCUT2D eigenvalue weighted by Crippen LogP contribution is 2.25. The topological polar surface area (TPSA) is 58.2 Å². The Morgan fingerprint density at radius 2 is 2.00 bits per heavy atom. The summed E-state index contributed by atoms with van der Waals surface area (Å²) in [7, 11) is 0. The molecule has 4 nitrogen and oxygen atoms in total. The van der Waals surface area contributed by atoms with E-state index in [-0.39, 0.29) is 24.8 Å². The van der Waals surface area contributed by atoms with Crippen molar-refractivity contribution in [2.24, 2.45) is 0 Å². The van der Waals surface area contributed by atoms with Crippen molar-refractivity contribution in [2.75, 3.05) is 11.9 Å². The maximum atomic E-state index is 11.8. The minimum Gasteiger partial charge on any atom is -0.351 e. The maximum absolute atomic E-state index is 11.8. The van der Waals surface area contributed by atoms with Crippen LogP contribution in [0.15, 0.2) is 35.0 Å². The molecule has 1 heterocycles. The number of benzene rings is 1. The van der Waals surface area contributed by atoms with Crippen LogP contribution in [-0.2, 0) is 4.79 Å². The van der Waals surface area contributed by atoms with E-state index in [1.807, 2.05) is 5.38 Å². The van der Waals surface area contributed by atoms with Gasteiger partial charge in [-0.05, 0) is 29.6 Å². The summed E-state index contributed by atoms with van der Waals surface area (Å²) in [6.07, 6.45) is 0.152. The monoisotopic (exact) mass is 342 g/mol. The standard InChI is InChI=1S/C14H12Cl2N2O2S/c15-10-1-2-11(16)12(7-10)18-13(19)3-5-17-14(20)9-4-6-21-8-9/h1-2,4,6-8H,3,5H2,(H,17,20)(H,18,19). The molecule has 7 heteroatoms. The van der Waals surface area contributed by atoms with Crippen molar-refractivity contribution >= 4 is 52.0 Å². The molecule has 21 heavy (non-hydrogen) atoms. The maximum Gasteiger partial charge on any atom is 0.252 e. The molecule has 2 N–H and O–H groups in total. The molecule has 0 atom stereocenters. The largest absolute Gasteiger partial charge is 0.351 e. The summed E-state index contributed by atoms with van der Waals surface area (Å²) in [4.78, 5) is 23.5. The van der Waals surface area contributed by atoms with Crippen LogP contribution in [0.3, 0.4) is 0 Å². The van der Waals surface area contributed by atoms with Gasteiger partial charge in [0.25, 0.3) is 5.91 Å². The average molecular weight is 343 g/mol. The van der Waals surface area contributed by atoms with Gasteiger partial charge >= 0.3 is 0 Å². The first-order chi connectivity index (χ1) is 10.1. The molecule has 0 spiro atoms. The minimum atomic E-state index is -0.246. The molecule has 0 fully saturated rings. The molecule has 2 amide bonds. The van der Waals surface area contributed by atoms with E-state index < -0.39 is 0 Å². The Morgan fingerprint density at radius 3 is 2.71 bits per heavy atom. The predicted octanol–water partition coefficient (Wildman–Crippen LogP) is 3.81. The normalized spacial score (nSPS) is 10.2. The summed E-state index contributed by atoms with van der Waals surface area (Å²) in [6.45, 7) is 0.249. The van der Waals surface area contributed by atoms with Gasteiger partial charge in [-0.3, -0.25) is 9.59 Å². The van der Waals surface area contributed by atoms with Gasteiger partial charge in [-0.25, -0.2) is 0 Å². The smallest absolute Gasteiger partial charge is 0.252 e. The van der Waals surface area contributed by atoms with Gasteiger partial charge in [0, 0.05) is 28.9 Å². The van der Waals surface area contributed by atoms with Crippen LogP contribution < -0.4 is 10.6 Å². The van der Waals surface area contributed by atoms with E-state index in [0.29, 0.717) is 21.3 Å². The Balaban J connectivity index is 1.80. The van der Waals surface area contributed by atoms with Gasteiger partial charge in [0.1, 0.15) is 0 Å². The van der Waals surface area contributed by atoms with Crippen LogP contribution in [-0.4, -0.2) is 18.4 Å². The van der Waals surface area contributed by atoms with Crippen molar-refractivity contribution in [1.29, 1.82) is 0 Å². The number of nitrogens with one attached hydrogen (secondary N) is 2. The third-order valence-corrected chi connectivity index (χ3v) is 3.87. The van der Waals surface area contributed by atoms with Crippen molar-refractivity contribution in [3.8, 4) is 0 Å². The molecule has 0 aliphatic heterocycles. The van der Waals surface area contributed by atoms with Gasteiger partial charge in [0.2, 0.25) is 5.91 Å². The zero-order valence-electron chi connectivity index (χ0n) is 10.9. The van der Waals surface area contributed by atoms with E-state index in [9.17, 15) is 9.59 Å². The highest BCUT2D eigenvalue weighted by Gasteiger charge is 2.09. The fourth-order valence-corrected chi connectivity index (χ4v) is 2.56. The zero-order chi connectivity index (χ0) is 15.2. The number of carbonyl (C=O) groups excluding carboxylic acids is 2. The second-order valence-corrected chi connectivity index (χ2v) is 5.81. The second kappa shape index (κ2) is 7.45. The molecule has 1 aromatic heterocycles. The predicted molar refractivity (Wildman–Crippen MR) is 86.4 cm³/mol. The summed E-state index contributed by atoms with van der Waals surface area (Å²) in [5, 5.41) is 9.80. The first kappa shape index (κ1) is 15.8. The van der Waals surface area contributed by atoms with Crippen molar-refractivity contribution in [3.05, 3.63) is 50.6 Å². The van der Waals surface area contributed by atoms with E-state index in [0.717, 1.165) is 0 Å². The fraction of sp³-hybridized carbons (Fsp3) is 0.143. The van der Waals surface area contributed by atoms with Crippen LogP contribution >= 0.6 is 34.5 Å². The SMILES string of the molecule is O=C(CCNC(=O)c1ccsc1)Nc1cc(Cl)ccc1Cl. The Labute approximate surface area is 136 Å². The van der Waals surface area contributed by atoms with Crippen molar-refractivity contribution in [2.45, 2.75) is 6.42 Å². The molecule has 2 aromatic rings. The molecule has 0 bridgehead atoms. The number of anilines is 1.